The van der Waals surface area contributed by atoms with E-state index in [-0.39, 0.29) is 17.7 Å². The highest BCUT2D eigenvalue weighted by Gasteiger charge is 2.35. The van der Waals surface area contributed by atoms with Crippen LogP contribution in [0.5, 0.6) is 0 Å². The van der Waals surface area contributed by atoms with Gasteiger partial charge in [-0.25, -0.2) is 0 Å². The van der Waals surface area contributed by atoms with Crippen LogP contribution < -0.4 is 10.2 Å². The molecule has 0 radical (unpaired) electrons. The van der Waals surface area contributed by atoms with Crippen molar-refractivity contribution in [2.24, 2.45) is 11.8 Å². The molecule has 1 aromatic rings. The van der Waals surface area contributed by atoms with Crippen molar-refractivity contribution in [2.45, 2.75) is 46.0 Å². The predicted molar refractivity (Wildman–Crippen MR) is 87.9 cm³/mol. The van der Waals surface area contributed by atoms with Crippen LogP contribution in [0.3, 0.4) is 0 Å². The number of carbonyl (C=O) groups is 2. The normalized spacial score (nSPS) is 17.3. The third-order valence-corrected chi connectivity index (χ3v) is 4.27. The lowest BCUT2D eigenvalue weighted by atomic mass is 10.00. The van der Waals surface area contributed by atoms with Gasteiger partial charge in [0.25, 0.3) is 0 Å². The summed E-state index contributed by atoms with van der Waals surface area (Å²) in [6, 6.07) is 5.93. The van der Waals surface area contributed by atoms with Gasteiger partial charge < -0.3 is 10.2 Å². The standard InChI is InChI=1S/C18H24N2O2/c1-12(2)10-17(21)19-15-7-8-16-14(11-15)4-3-9-20(16)18(22)13-5-6-13/h7-8,11-13H,3-6,9-10H2,1-2H3,(H,19,21). The Labute approximate surface area is 131 Å². The summed E-state index contributed by atoms with van der Waals surface area (Å²) in [5.41, 5.74) is 3.04. The molecule has 118 valence electrons. The van der Waals surface area contributed by atoms with Gasteiger partial charge in [-0.2, -0.15) is 0 Å². The van der Waals surface area contributed by atoms with Crippen molar-refractivity contribution < 1.29 is 9.59 Å². The summed E-state index contributed by atoms with van der Waals surface area (Å²) in [6.07, 6.45) is 4.57. The van der Waals surface area contributed by atoms with E-state index >= 15 is 0 Å². The minimum atomic E-state index is 0.0525. The number of nitrogens with one attached hydrogen (secondary N) is 1. The maximum Gasteiger partial charge on any atom is 0.230 e. The molecule has 0 unspecified atom stereocenters. The highest BCUT2D eigenvalue weighted by Crippen LogP contribution is 2.36. The lowest BCUT2D eigenvalue weighted by Gasteiger charge is -2.30. The maximum absolute atomic E-state index is 12.4. The molecule has 2 amide bonds. The van der Waals surface area contributed by atoms with E-state index in [1.807, 2.05) is 36.9 Å². The second-order valence-electron chi connectivity index (χ2n) is 6.86. The molecule has 1 heterocycles. The van der Waals surface area contributed by atoms with Crippen molar-refractivity contribution in [3.63, 3.8) is 0 Å². The summed E-state index contributed by atoms with van der Waals surface area (Å²) in [4.78, 5) is 26.2. The second kappa shape index (κ2) is 6.11. The second-order valence-corrected chi connectivity index (χ2v) is 6.86. The predicted octanol–water partition coefficient (Wildman–Crippen LogP) is 3.36. The number of aryl methyl sites for hydroxylation is 1. The fourth-order valence-electron chi connectivity index (χ4n) is 3.04. The van der Waals surface area contributed by atoms with Crippen LogP contribution in [0.2, 0.25) is 0 Å². The first kappa shape index (κ1) is 15.1. The molecule has 3 rings (SSSR count). The molecule has 4 heteroatoms. The third kappa shape index (κ3) is 3.32. The number of carbonyl (C=O) groups excluding carboxylic acids is 2. The van der Waals surface area contributed by atoms with Crippen LogP contribution in [-0.4, -0.2) is 18.4 Å². The topological polar surface area (TPSA) is 49.4 Å². The molecular weight excluding hydrogens is 276 g/mol. The lowest BCUT2D eigenvalue weighted by Crippen LogP contribution is -2.36. The SMILES string of the molecule is CC(C)CC(=O)Nc1ccc2c(c1)CCCN2C(=O)C1CC1. The molecule has 1 aliphatic heterocycles. The van der Waals surface area contributed by atoms with Crippen molar-refractivity contribution in [1.82, 2.24) is 0 Å². The van der Waals surface area contributed by atoms with Crippen molar-refractivity contribution in [2.75, 3.05) is 16.8 Å². The monoisotopic (exact) mass is 300 g/mol. The van der Waals surface area contributed by atoms with Gasteiger partial charge in [0.1, 0.15) is 0 Å². The summed E-state index contributed by atoms with van der Waals surface area (Å²) >= 11 is 0. The van der Waals surface area contributed by atoms with Crippen LogP contribution in [0.25, 0.3) is 0 Å². The zero-order chi connectivity index (χ0) is 15.7. The Hall–Kier alpha value is -1.84. The number of rotatable bonds is 4. The van der Waals surface area contributed by atoms with Crippen LogP contribution in [0.4, 0.5) is 11.4 Å². The molecule has 0 saturated heterocycles. The van der Waals surface area contributed by atoms with Crippen molar-refractivity contribution in [1.29, 1.82) is 0 Å². The first-order valence-electron chi connectivity index (χ1n) is 8.28. The smallest absolute Gasteiger partial charge is 0.230 e. The van der Waals surface area contributed by atoms with Gasteiger partial charge in [-0.1, -0.05) is 13.8 Å². The molecule has 2 aliphatic rings. The van der Waals surface area contributed by atoms with Gasteiger partial charge in [-0.05, 0) is 55.4 Å². The summed E-state index contributed by atoms with van der Waals surface area (Å²) in [5.74, 6) is 0.926. The van der Waals surface area contributed by atoms with Crippen molar-refractivity contribution >= 4 is 23.2 Å². The van der Waals surface area contributed by atoms with E-state index < -0.39 is 0 Å². The number of anilines is 2. The van der Waals surface area contributed by atoms with Crippen molar-refractivity contribution in [3.05, 3.63) is 23.8 Å². The van der Waals surface area contributed by atoms with Crippen LogP contribution in [0, 0.1) is 11.8 Å². The fourth-order valence-corrected chi connectivity index (χ4v) is 3.04. The number of hydrogen-bond donors (Lipinski definition) is 1. The Morgan fingerprint density at radius 3 is 2.77 bits per heavy atom. The van der Waals surface area contributed by atoms with Gasteiger partial charge in [-0.3, -0.25) is 9.59 Å². The molecular formula is C18H24N2O2. The van der Waals surface area contributed by atoms with Gasteiger partial charge in [0.2, 0.25) is 11.8 Å². The highest BCUT2D eigenvalue weighted by atomic mass is 16.2. The average molecular weight is 300 g/mol. The third-order valence-electron chi connectivity index (χ3n) is 4.27. The summed E-state index contributed by atoms with van der Waals surface area (Å²) in [6.45, 7) is 4.89. The molecule has 1 fully saturated rings. The lowest BCUT2D eigenvalue weighted by molar-refractivity contribution is -0.120. The molecule has 1 saturated carbocycles. The quantitative estimate of drug-likeness (QED) is 0.927. The highest BCUT2D eigenvalue weighted by molar-refractivity contribution is 5.98. The largest absolute Gasteiger partial charge is 0.326 e. The number of hydrogen-bond acceptors (Lipinski definition) is 2. The first-order chi connectivity index (χ1) is 10.5. The number of nitrogens with zero attached hydrogens (tertiary/aromatic N) is 1. The number of fused-ring (bicyclic) bond motifs is 1. The molecule has 0 spiro atoms. The molecule has 1 aromatic carbocycles. The van der Waals surface area contributed by atoms with E-state index in [0.29, 0.717) is 12.3 Å². The fraction of sp³-hybridized carbons (Fsp3) is 0.556. The van der Waals surface area contributed by atoms with Crippen LogP contribution in [0.15, 0.2) is 18.2 Å². The molecule has 1 N–H and O–H groups in total. The van der Waals surface area contributed by atoms with Gasteiger partial charge in [-0.15, -0.1) is 0 Å². The zero-order valence-electron chi connectivity index (χ0n) is 13.4. The Kier molecular flexibility index (Phi) is 4.19. The molecule has 22 heavy (non-hydrogen) atoms. The van der Waals surface area contributed by atoms with Crippen LogP contribution in [0.1, 0.15) is 45.1 Å². The van der Waals surface area contributed by atoms with Gasteiger partial charge >= 0.3 is 0 Å². The minimum Gasteiger partial charge on any atom is -0.326 e. The molecule has 0 atom stereocenters. The van der Waals surface area contributed by atoms with Gasteiger partial charge in [0, 0.05) is 30.3 Å². The van der Waals surface area contributed by atoms with Gasteiger partial charge in [0.05, 0.1) is 0 Å². The Morgan fingerprint density at radius 2 is 2.09 bits per heavy atom. The summed E-state index contributed by atoms with van der Waals surface area (Å²) in [7, 11) is 0. The number of amides is 2. The molecule has 4 nitrogen and oxygen atoms in total. The summed E-state index contributed by atoms with van der Waals surface area (Å²) in [5, 5.41) is 2.96. The Bertz CT molecular complexity index is 591. The average Bonchev–Trinajstić information content (AvgIpc) is 3.29. The van der Waals surface area contributed by atoms with E-state index in [9.17, 15) is 9.59 Å². The zero-order valence-corrected chi connectivity index (χ0v) is 13.4. The molecule has 0 aromatic heterocycles. The van der Waals surface area contributed by atoms with Crippen LogP contribution in [-0.2, 0) is 16.0 Å². The van der Waals surface area contributed by atoms with Crippen molar-refractivity contribution in [3.8, 4) is 0 Å². The molecule has 0 bridgehead atoms. The summed E-state index contributed by atoms with van der Waals surface area (Å²) < 4.78 is 0. The first-order valence-corrected chi connectivity index (χ1v) is 8.28. The van der Waals surface area contributed by atoms with Gasteiger partial charge in [0.15, 0.2) is 0 Å². The van der Waals surface area contributed by atoms with E-state index in [4.69, 9.17) is 0 Å². The Morgan fingerprint density at radius 1 is 1.32 bits per heavy atom. The molecule has 1 aliphatic carbocycles. The van der Waals surface area contributed by atoms with E-state index in [0.717, 1.165) is 43.6 Å². The van der Waals surface area contributed by atoms with E-state index in [1.165, 1.54) is 5.56 Å². The minimum absolute atomic E-state index is 0.0525. The van der Waals surface area contributed by atoms with Crippen LogP contribution >= 0.6 is 0 Å². The van der Waals surface area contributed by atoms with E-state index in [2.05, 4.69) is 5.32 Å². The Balaban J connectivity index is 1.75. The van der Waals surface area contributed by atoms with E-state index in [1.54, 1.807) is 0 Å². The maximum atomic E-state index is 12.4. The number of benzene rings is 1.